The van der Waals surface area contributed by atoms with Gasteiger partial charge < -0.3 is 9.30 Å². The molecule has 0 spiro atoms. The van der Waals surface area contributed by atoms with Crippen molar-refractivity contribution in [2.24, 2.45) is 0 Å². The highest BCUT2D eigenvalue weighted by atomic mass is 16.5. The summed E-state index contributed by atoms with van der Waals surface area (Å²) in [6.07, 6.45) is 0.878. The molecule has 2 heterocycles. The van der Waals surface area contributed by atoms with Crippen LogP contribution in [0.3, 0.4) is 0 Å². The molecule has 0 saturated carbocycles. The van der Waals surface area contributed by atoms with Gasteiger partial charge in [0.1, 0.15) is 5.75 Å². The molecule has 3 rings (SSSR count). The molecule has 0 saturated heterocycles. The number of pyridine rings is 1. The van der Waals surface area contributed by atoms with Crippen LogP contribution in [-0.4, -0.2) is 11.7 Å². The second-order valence-corrected chi connectivity index (χ2v) is 4.17. The molecule has 1 aromatic heterocycles. The first-order valence-corrected chi connectivity index (χ1v) is 5.67. The Morgan fingerprint density at radius 3 is 2.94 bits per heavy atom. The molecule has 3 nitrogen and oxygen atoms in total. The molecule has 17 heavy (non-hydrogen) atoms. The molecule has 0 aliphatic carbocycles. The highest BCUT2D eigenvalue weighted by molar-refractivity contribution is 5.66. The van der Waals surface area contributed by atoms with Gasteiger partial charge in [0, 0.05) is 18.2 Å². The predicted molar refractivity (Wildman–Crippen MR) is 66.4 cm³/mol. The van der Waals surface area contributed by atoms with E-state index in [4.69, 9.17) is 4.74 Å². The van der Waals surface area contributed by atoms with Crippen LogP contribution < -0.4 is 10.3 Å². The van der Waals surface area contributed by atoms with Gasteiger partial charge in [-0.25, -0.2) is 0 Å². The van der Waals surface area contributed by atoms with Crippen LogP contribution in [0.4, 0.5) is 0 Å². The second-order valence-electron chi connectivity index (χ2n) is 4.17. The minimum Gasteiger partial charge on any atom is -0.497 e. The summed E-state index contributed by atoms with van der Waals surface area (Å²) in [7, 11) is 1.67. The number of methoxy groups -OCH3 is 1. The summed E-state index contributed by atoms with van der Waals surface area (Å²) in [6, 6.07) is 11.4. The first-order valence-electron chi connectivity index (χ1n) is 5.67. The van der Waals surface area contributed by atoms with Crippen LogP contribution in [0.5, 0.6) is 5.75 Å². The molecular formula is C14H13NO2. The molecule has 0 fully saturated rings. The van der Waals surface area contributed by atoms with E-state index < -0.39 is 0 Å². The Labute approximate surface area is 99.3 Å². The van der Waals surface area contributed by atoms with Gasteiger partial charge in [0.25, 0.3) is 5.56 Å². The number of fused-ring (bicyclic) bond motifs is 3. The predicted octanol–water partition coefficient (Wildman–Crippen LogP) is 2.08. The number of benzene rings is 1. The van der Waals surface area contributed by atoms with E-state index in [1.165, 1.54) is 5.56 Å². The van der Waals surface area contributed by atoms with E-state index >= 15 is 0 Å². The van der Waals surface area contributed by atoms with E-state index in [2.05, 4.69) is 6.07 Å². The fourth-order valence-corrected chi connectivity index (χ4v) is 2.37. The van der Waals surface area contributed by atoms with Crippen molar-refractivity contribution in [1.82, 2.24) is 4.57 Å². The largest absolute Gasteiger partial charge is 0.497 e. The average molecular weight is 227 g/mol. The Morgan fingerprint density at radius 1 is 1.24 bits per heavy atom. The summed E-state index contributed by atoms with van der Waals surface area (Å²) in [5, 5.41) is 0. The zero-order chi connectivity index (χ0) is 11.8. The van der Waals surface area contributed by atoms with Gasteiger partial charge in [0.15, 0.2) is 0 Å². The minimum atomic E-state index is 0.0731. The molecule has 86 valence electrons. The monoisotopic (exact) mass is 227 g/mol. The SMILES string of the molecule is COc1ccc2c(c1)CCn1c-2cccc1=O. The number of hydrogen-bond acceptors (Lipinski definition) is 2. The van der Waals surface area contributed by atoms with Crippen LogP contribution in [0.2, 0.25) is 0 Å². The maximum Gasteiger partial charge on any atom is 0.250 e. The van der Waals surface area contributed by atoms with Crippen molar-refractivity contribution >= 4 is 0 Å². The molecule has 3 heteroatoms. The van der Waals surface area contributed by atoms with Gasteiger partial charge in [-0.05, 0) is 36.2 Å². The highest BCUT2D eigenvalue weighted by Crippen LogP contribution is 2.30. The van der Waals surface area contributed by atoms with Crippen LogP contribution in [0.25, 0.3) is 11.3 Å². The molecule has 0 bridgehead atoms. The molecule has 0 unspecified atom stereocenters. The zero-order valence-electron chi connectivity index (χ0n) is 9.64. The van der Waals surface area contributed by atoms with Crippen molar-refractivity contribution < 1.29 is 4.74 Å². The fraction of sp³-hybridized carbons (Fsp3) is 0.214. The number of hydrogen-bond donors (Lipinski definition) is 0. The Hall–Kier alpha value is -2.03. The van der Waals surface area contributed by atoms with Gasteiger partial charge in [-0.2, -0.15) is 0 Å². The van der Waals surface area contributed by atoms with Gasteiger partial charge in [0.05, 0.1) is 12.8 Å². The molecule has 0 amide bonds. The normalized spacial score (nSPS) is 12.8. The summed E-state index contributed by atoms with van der Waals surface area (Å²) < 4.78 is 7.05. The molecule has 1 aliphatic heterocycles. The number of ether oxygens (including phenoxy) is 1. The van der Waals surface area contributed by atoms with E-state index in [1.807, 2.05) is 28.8 Å². The standard InChI is InChI=1S/C14H13NO2/c1-17-11-5-6-12-10(9-11)7-8-15-13(12)3-2-4-14(15)16/h2-6,9H,7-8H2,1H3. The lowest BCUT2D eigenvalue weighted by atomic mass is 9.97. The maximum absolute atomic E-state index is 11.7. The highest BCUT2D eigenvalue weighted by Gasteiger charge is 2.16. The van der Waals surface area contributed by atoms with E-state index in [0.29, 0.717) is 0 Å². The zero-order valence-corrected chi connectivity index (χ0v) is 9.64. The lowest BCUT2D eigenvalue weighted by Gasteiger charge is -2.21. The van der Waals surface area contributed by atoms with Crippen LogP contribution in [-0.2, 0) is 13.0 Å². The Morgan fingerprint density at radius 2 is 2.12 bits per heavy atom. The molecule has 0 radical (unpaired) electrons. The quantitative estimate of drug-likeness (QED) is 0.747. The third kappa shape index (κ3) is 1.55. The number of aryl methyl sites for hydroxylation is 1. The topological polar surface area (TPSA) is 31.2 Å². The third-order valence-corrected chi connectivity index (χ3v) is 3.24. The lowest BCUT2D eigenvalue weighted by molar-refractivity contribution is 0.414. The van der Waals surface area contributed by atoms with Crippen LogP contribution in [0.1, 0.15) is 5.56 Å². The van der Waals surface area contributed by atoms with Gasteiger partial charge >= 0.3 is 0 Å². The van der Waals surface area contributed by atoms with Crippen LogP contribution >= 0.6 is 0 Å². The Balaban J connectivity index is 2.24. The van der Waals surface area contributed by atoms with Crippen LogP contribution in [0, 0.1) is 0 Å². The number of rotatable bonds is 1. The molecule has 0 atom stereocenters. The average Bonchev–Trinajstić information content (AvgIpc) is 2.38. The number of nitrogens with zero attached hydrogens (tertiary/aromatic N) is 1. The van der Waals surface area contributed by atoms with E-state index in [9.17, 15) is 4.79 Å². The van der Waals surface area contributed by atoms with Crippen LogP contribution in [0.15, 0.2) is 41.2 Å². The molecular weight excluding hydrogens is 214 g/mol. The minimum absolute atomic E-state index is 0.0731. The summed E-state index contributed by atoms with van der Waals surface area (Å²) >= 11 is 0. The van der Waals surface area contributed by atoms with E-state index in [1.54, 1.807) is 13.2 Å². The first-order chi connectivity index (χ1) is 8.29. The summed E-state index contributed by atoms with van der Waals surface area (Å²) in [5.41, 5.74) is 3.45. The third-order valence-electron chi connectivity index (χ3n) is 3.24. The molecule has 1 aromatic carbocycles. The summed E-state index contributed by atoms with van der Waals surface area (Å²) in [5.74, 6) is 0.871. The van der Waals surface area contributed by atoms with Gasteiger partial charge in [-0.3, -0.25) is 4.79 Å². The summed E-state index contributed by atoms with van der Waals surface area (Å²) in [4.78, 5) is 11.7. The van der Waals surface area contributed by atoms with Gasteiger partial charge in [-0.15, -0.1) is 0 Å². The lowest BCUT2D eigenvalue weighted by Crippen LogP contribution is -2.24. The Kier molecular flexibility index (Phi) is 2.25. The first kappa shape index (κ1) is 10.1. The van der Waals surface area contributed by atoms with Gasteiger partial charge in [0.2, 0.25) is 0 Å². The van der Waals surface area contributed by atoms with Crippen molar-refractivity contribution in [1.29, 1.82) is 0 Å². The number of aromatic nitrogens is 1. The maximum atomic E-state index is 11.7. The molecule has 1 aliphatic rings. The van der Waals surface area contributed by atoms with Crippen molar-refractivity contribution in [3.8, 4) is 17.0 Å². The molecule has 2 aromatic rings. The smallest absolute Gasteiger partial charge is 0.250 e. The fourth-order valence-electron chi connectivity index (χ4n) is 2.37. The Bertz CT molecular complexity index is 628. The van der Waals surface area contributed by atoms with Crippen molar-refractivity contribution in [2.75, 3.05) is 7.11 Å². The van der Waals surface area contributed by atoms with Crippen molar-refractivity contribution in [3.05, 3.63) is 52.3 Å². The van der Waals surface area contributed by atoms with Crippen molar-refractivity contribution in [2.45, 2.75) is 13.0 Å². The molecule has 0 N–H and O–H groups in total. The van der Waals surface area contributed by atoms with Gasteiger partial charge in [-0.1, -0.05) is 6.07 Å². The summed E-state index contributed by atoms with van der Waals surface area (Å²) in [6.45, 7) is 0.745. The second kappa shape index (κ2) is 3.77. The van der Waals surface area contributed by atoms with Crippen molar-refractivity contribution in [3.63, 3.8) is 0 Å². The van der Waals surface area contributed by atoms with E-state index in [-0.39, 0.29) is 5.56 Å². The van der Waals surface area contributed by atoms with E-state index in [0.717, 1.165) is 30.0 Å².